The van der Waals surface area contributed by atoms with Crippen LogP contribution in [0.25, 0.3) is 22.7 Å². The van der Waals surface area contributed by atoms with Gasteiger partial charge in [-0.15, -0.1) is 0 Å². The van der Waals surface area contributed by atoms with Gasteiger partial charge in [0, 0.05) is 18.6 Å². The highest BCUT2D eigenvalue weighted by atomic mass is 15.0. The molecule has 0 saturated carbocycles. The number of nitrogens with zero attached hydrogens (tertiary/aromatic N) is 4. The third-order valence-corrected chi connectivity index (χ3v) is 2.23. The lowest BCUT2D eigenvalue weighted by molar-refractivity contribution is 1.26. The third kappa shape index (κ3) is 1.28. The van der Waals surface area contributed by atoms with Crippen LogP contribution < -0.4 is 5.73 Å². The number of imidazole rings is 1. The first kappa shape index (κ1) is 8.78. The number of aromatic amines is 1. The lowest BCUT2D eigenvalue weighted by atomic mass is 10.2. The minimum Gasteiger partial charge on any atom is -0.383 e. The van der Waals surface area contributed by atoms with Gasteiger partial charge in [0.15, 0.2) is 11.3 Å². The van der Waals surface area contributed by atoms with Gasteiger partial charge in [-0.2, -0.15) is 0 Å². The molecule has 78 valence electrons. The van der Waals surface area contributed by atoms with Crippen LogP contribution in [0.2, 0.25) is 0 Å². The zero-order valence-corrected chi connectivity index (χ0v) is 8.25. The molecule has 0 spiro atoms. The van der Waals surface area contributed by atoms with Crippen molar-refractivity contribution in [3.05, 3.63) is 30.7 Å². The van der Waals surface area contributed by atoms with Gasteiger partial charge in [-0.25, -0.2) is 19.9 Å². The molecule has 6 heteroatoms. The molecule has 6 nitrogen and oxygen atoms in total. The number of hydrogen-bond acceptors (Lipinski definition) is 5. The average molecular weight is 212 g/mol. The molecule has 0 atom stereocenters. The lowest BCUT2D eigenvalue weighted by Crippen LogP contribution is -1.93. The second-order valence-corrected chi connectivity index (χ2v) is 3.25. The molecule has 0 unspecified atom stereocenters. The lowest BCUT2D eigenvalue weighted by Gasteiger charge is -1.98. The molecule has 3 aromatic rings. The Bertz CT molecular complexity index is 611. The molecule has 3 N–H and O–H groups in total. The average Bonchev–Trinajstić information content (AvgIpc) is 2.73. The molecule has 0 aliphatic heterocycles. The molecule has 0 fully saturated rings. The fourth-order valence-electron chi connectivity index (χ4n) is 1.49. The molecule has 3 aromatic heterocycles. The van der Waals surface area contributed by atoms with Gasteiger partial charge in [0.25, 0.3) is 0 Å². The van der Waals surface area contributed by atoms with E-state index in [0.717, 1.165) is 5.56 Å². The SMILES string of the molecule is Nc1ncccc1-c1nc2nccnc2[nH]1. The predicted octanol–water partition coefficient (Wildman–Crippen LogP) is 0.997. The molecular formula is C10H8N6. The number of nitrogens with two attached hydrogens (primary N) is 1. The number of H-pyrrole nitrogens is 1. The monoisotopic (exact) mass is 212 g/mol. The van der Waals surface area contributed by atoms with Crippen molar-refractivity contribution in [1.29, 1.82) is 0 Å². The molecule has 0 aliphatic rings. The number of hydrogen-bond donors (Lipinski definition) is 2. The first-order valence-electron chi connectivity index (χ1n) is 4.72. The van der Waals surface area contributed by atoms with E-state index in [1.165, 1.54) is 0 Å². The first-order chi connectivity index (χ1) is 7.84. The molecule has 0 saturated heterocycles. The van der Waals surface area contributed by atoms with Crippen LogP contribution in [0.4, 0.5) is 5.82 Å². The largest absolute Gasteiger partial charge is 0.383 e. The Labute approximate surface area is 90.6 Å². The predicted molar refractivity (Wildman–Crippen MR) is 59.3 cm³/mol. The fourth-order valence-corrected chi connectivity index (χ4v) is 1.49. The third-order valence-electron chi connectivity index (χ3n) is 2.23. The van der Waals surface area contributed by atoms with Gasteiger partial charge >= 0.3 is 0 Å². The Morgan fingerprint density at radius 3 is 2.75 bits per heavy atom. The summed E-state index contributed by atoms with van der Waals surface area (Å²) in [7, 11) is 0. The van der Waals surface area contributed by atoms with Crippen LogP contribution in [0.5, 0.6) is 0 Å². The van der Waals surface area contributed by atoms with E-state index in [-0.39, 0.29) is 0 Å². The zero-order chi connectivity index (χ0) is 11.0. The zero-order valence-electron chi connectivity index (χ0n) is 8.25. The van der Waals surface area contributed by atoms with E-state index in [4.69, 9.17) is 5.73 Å². The first-order valence-corrected chi connectivity index (χ1v) is 4.72. The van der Waals surface area contributed by atoms with Gasteiger partial charge in [-0.05, 0) is 12.1 Å². The second kappa shape index (κ2) is 3.27. The Hall–Kier alpha value is -2.50. The van der Waals surface area contributed by atoms with Crippen molar-refractivity contribution >= 4 is 17.1 Å². The summed E-state index contributed by atoms with van der Waals surface area (Å²) < 4.78 is 0. The van der Waals surface area contributed by atoms with Crippen molar-refractivity contribution < 1.29 is 0 Å². The van der Waals surface area contributed by atoms with Crippen molar-refractivity contribution in [2.24, 2.45) is 0 Å². The molecule has 16 heavy (non-hydrogen) atoms. The number of anilines is 1. The maximum Gasteiger partial charge on any atom is 0.197 e. The van der Waals surface area contributed by atoms with Crippen LogP contribution in [-0.4, -0.2) is 24.9 Å². The van der Waals surface area contributed by atoms with Crippen LogP contribution in [-0.2, 0) is 0 Å². The molecule has 0 amide bonds. The van der Waals surface area contributed by atoms with Crippen molar-refractivity contribution in [1.82, 2.24) is 24.9 Å². The quantitative estimate of drug-likeness (QED) is 0.627. The van der Waals surface area contributed by atoms with Crippen molar-refractivity contribution in [2.45, 2.75) is 0 Å². The van der Waals surface area contributed by atoms with Crippen LogP contribution in [0.15, 0.2) is 30.7 Å². The van der Waals surface area contributed by atoms with Gasteiger partial charge in [0.1, 0.15) is 11.6 Å². The normalized spacial score (nSPS) is 10.8. The van der Waals surface area contributed by atoms with Gasteiger partial charge in [-0.3, -0.25) is 0 Å². The van der Waals surface area contributed by atoms with Gasteiger partial charge < -0.3 is 10.7 Å². The van der Waals surface area contributed by atoms with Gasteiger partial charge in [0.2, 0.25) is 0 Å². The Morgan fingerprint density at radius 1 is 1.06 bits per heavy atom. The van der Waals surface area contributed by atoms with E-state index in [1.807, 2.05) is 6.07 Å². The van der Waals surface area contributed by atoms with Gasteiger partial charge in [-0.1, -0.05) is 0 Å². The Morgan fingerprint density at radius 2 is 1.94 bits per heavy atom. The van der Waals surface area contributed by atoms with Crippen molar-refractivity contribution in [3.8, 4) is 11.4 Å². The Kier molecular flexibility index (Phi) is 1.79. The highest BCUT2D eigenvalue weighted by Crippen LogP contribution is 2.21. The number of rotatable bonds is 1. The molecule has 0 aliphatic carbocycles. The van der Waals surface area contributed by atoms with E-state index >= 15 is 0 Å². The highest BCUT2D eigenvalue weighted by molar-refractivity contribution is 5.76. The summed E-state index contributed by atoms with van der Waals surface area (Å²) in [5.74, 6) is 1.06. The van der Waals surface area contributed by atoms with Gasteiger partial charge in [0.05, 0.1) is 5.56 Å². The van der Waals surface area contributed by atoms with E-state index < -0.39 is 0 Å². The number of pyridine rings is 1. The number of nitrogen functional groups attached to an aromatic ring is 1. The minimum absolute atomic E-state index is 0.432. The van der Waals surface area contributed by atoms with E-state index in [2.05, 4.69) is 24.9 Å². The number of nitrogens with one attached hydrogen (secondary N) is 1. The van der Waals surface area contributed by atoms with Crippen molar-refractivity contribution in [2.75, 3.05) is 5.73 Å². The minimum atomic E-state index is 0.432. The molecule has 0 bridgehead atoms. The van der Waals surface area contributed by atoms with E-state index in [9.17, 15) is 0 Å². The Balaban J connectivity index is 2.23. The fraction of sp³-hybridized carbons (Fsp3) is 0. The summed E-state index contributed by atoms with van der Waals surface area (Å²) in [6.45, 7) is 0. The number of aromatic nitrogens is 5. The molecule has 0 aromatic carbocycles. The summed E-state index contributed by atoms with van der Waals surface area (Å²) in [6.07, 6.45) is 4.84. The summed E-state index contributed by atoms with van der Waals surface area (Å²) >= 11 is 0. The summed E-state index contributed by atoms with van der Waals surface area (Å²) in [4.78, 5) is 19.6. The topological polar surface area (TPSA) is 93.4 Å². The maximum atomic E-state index is 5.76. The summed E-state index contributed by atoms with van der Waals surface area (Å²) in [6, 6.07) is 3.65. The second-order valence-electron chi connectivity index (χ2n) is 3.25. The van der Waals surface area contributed by atoms with Crippen LogP contribution in [0.1, 0.15) is 0 Å². The van der Waals surface area contributed by atoms with Crippen molar-refractivity contribution in [3.63, 3.8) is 0 Å². The smallest absolute Gasteiger partial charge is 0.197 e. The van der Waals surface area contributed by atoms with E-state index in [1.54, 1.807) is 24.7 Å². The molecule has 3 heterocycles. The van der Waals surface area contributed by atoms with Crippen LogP contribution >= 0.6 is 0 Å². The summed E-state index contributed by atoms with van der Waals surface area (Å²) in [5, 5.41) is 0. The molecule has 3 rings (SSSR count). The van der Waals surface area contributed by atoms with Crippen LogP contribution in [0.3, 0.4) is 0 Å². The highest BCUT2D eigenvalue weighted by Gasteiger charge is 2.09. The number of fused-ring (bicyclic) bond motifs is 1. The molecule has 0 radical (unpaired) electrons. The maximum absolute atomic E-state index is 5.76. The van der Waals surface area contributed by atoms with E-state index in [0.29, 0.717) is 22.9 Å². The standard InChI is InChI=1S/C10H8N6/c11-7-6(2-1-3-12-7)8-15-9-10(16-8)14-5-4-13-9/h1-5H,(H2,11,12)(H,13,14,15,16). The van der Waals surface area contributed by atoms with Crippen LogP contribution in [0, 0.1) is 0 Å². The molecular weight excluding hydrogens is 204 g/mol. The summed E-state index contributed by atoms with van der Waals surface area (Å²) in [5.41, 5.74) is 7.72.